The van der Waals surface area contributed by atoms with Gasteiger partial charge in [0.05, 0.1) is 12.6 Å². The van der Waals surface area contributed by atoms with Crippen molar-refractivity contribution in [2.24, 2.45) is 0 Å². The second-order valence-corrected chi connectivity index (χ2v) is 4.56. The highest BCUT2D eigenvalue weighted by molar-refractivity contribution is 5.81. The Kier molecular flexibility index (Phi) is 4.74. The summed E-state index contributed by atoms with van der Waals surface area (Å²) in [5, 5.41) is 5.93. The largest absolute Gasteiger partial charge is 0.491 e. The molecule has 1 unspecified atom stereocenters. The summed E-state index contributed by atoms with van der Waals surface area (Å²) in [6, 6.07) is 4.64. The number of amides is 1. The van der Waals surface area contributed by atoms with E-state index in [2.05, 4.69) is 10.6 Å². The predicted molar refractivity (Wildman–Crippen MR) is 70.4 cm³/mol. The number of rotatable bonds is 5. The standard InChI is InChI=1S/C14H19FN2O2/c1-2-19-13-6-5-10(8-11(13)15)9-17-14(18)12-4-3-7-16-12/h5-6,8,12,16H,2-4,7,9H2,1H3,(H,17,18). The van der Waals surface area contributed by atoms with Gasteiger partial charge in [-0.2, -0.15) is 0 Å². The first-order valence-corrected chi connectivity index (χ1v) is 6.63. The summed E-state index contributed by atoms with van der Waals surface area (Å²) in [5.74, 6) is -0.172. The van der Waals surface area contributed by atoms with Crippen molar-refractivity contribution in [2.45, 2.75) is 32.4 Å². The summed E-state index contributed by atoms with van der Waals surface area (Å²) in [7, 11) is 0. The van der Waals surface area contributed by atoms with Crippen LogP contribution in [0.4, 0.5) is 4.39 Å². The minimum atomic E-state index is -0.396. The molecule has 1 atom stereocenters. The Balaban J connectivity index is 1.88. The van der Waals surface area contributed by atoms with Crippen LogP contribution in [0.25, 0.3) is 0 Å². The molecule has 0 aliphatic carbocycles. The fourth-order valence-electron chi connectivity index (χ4n) is 2.15. The van der Waals surface area contributed by atoms with Crippen molar-refractivity contribution in [1.29, 1.82) is 0 Å². The lowest BCUT2D eigenvalue weighted by Crippen LogP contribution is -2.40. The number of hydrogen-bond donors (Lipinski definition) is 2. The quantitative estimate of drug-likeness (QED) is 0.851. The molecule has 2 N–H and O–H groups in total. The van der Waals surface area contributed by atoms with E-state index in [0.29, 0.717) is 13.2 Å². The Labute approximate surface area is 112 Å². The third-order valence-electron chi connectivity index (χ3n) is 3.14. The fraction of sp³-hybridized carbons (Fsp3) is 0.500. The Morgan fingerprint density at radius 1 is 1.58 bits per heavy atom. The summed E-state index contributed by atoms with van der Waals surface area (Å²) < 4.78 is 18.7. The van der Waals surface area contributed by atoms with Crippen molar-refractivity contribution in [3.63, 3.8) is 0 Å². The first-order valence-electron chi connectivity index (χ1n) is 6.63. The molecule has 1 amide bonds. The van der Waals surface area contributed by atoms with E-state index >= 15 is 0 Å². The molecule has 0 radical (unpaired) electrons. The number of nitrogens with one attached hydrogen (secondary N) is 2. The van der Waals surface area contributed by atoms with Crippen LogP contribution in [0.15, 0.2) is 18.2 Å². The minimum absolute atomic E-state index is 0.0215. The van der Waals surface area contributed by atoms with E-state index < -0.39 is 5.82 Å². The molecule has 104 valence electrons. The van der Waals surface area contributed by atoms with Crippen molar-refractivity contribution in [2.75, 3.05) is 13.2 Å². The molecule has 0 bridgehead atoms. The molecular formula is C14H19FN2O2. The molecule has 0 saturated carbocycles. The van der Waals surface area contributed by atoms with Gasteiger partial charge in [0.15, 0.2) is 11.6 Å². The number of halogens is 1. The van der Waals surface area contributed by atoms with Crippen LogP contribution < -0.4 is 15.4 Å². The van der Waals surface area contributed by atoms with Crippen molar-refractivity contribution in [3.8, 4) is 5.75 Å². The first-order chi connectivity index (χ1) is 9.20. The third kappa shape index (κ3) is 3.67. The molecule has 1 aromatic rings. The van der Waals surface area contributed by atoms with Crippen LogP contribution in [0.1, 0.15) is 25.3 Å². The maximum atomic E-state index is 13.6. The van der Waals surface area contributed by atoms with Gasteiger partial charge in [-0.15, -0.1) is 0 Å². The maximum absolute atomic E-state index is 13.6. The normalized spacial score (nSPS) is 18.3. The molecule has 4 nitrogen and oxygen atoms in total. The molecule has 5 heteroatoms. The average molecular weight is 266 g/mol. The van der Waals surface area contributed by atoms with E-state index in [9.17, 15) is 9.18 Å². The van der Waals surface area contributed by atoms with Gasteiger partial charge in [-0.3, -0.25) is 4.79 Å². The molecule has 0 spiro atoms. The monoisotopic (exact) mass is 266 g/mol. The molecule has 1 aliphatic heterocycles. The molecule has 19 heavy (non-hydrogen) atoms. The molecular weight excluding hydrogens is 247 g/mol. The molecule has 1 heterocycles. The number of hydrogen-bond acceptors (Lipinski definition) is 3. The van der Waals surface area contributed by atoms with Gasteiger partial charge in [0.25, 0.3) is 0 Å². The Morgan fingerprint density at radius 2 is 2.42 bits per heavy atom. The Morgan fingerprint density at radius 3 is 3.05 bits per heavy atom. The van der Waals surface area contributed by atoms with Crippen LogP contribution in [0, 0.1) is 5.82 Å². The summed E-state index contributed by atoms with van der Waals surface area (Å²) in [4.78, 5) is 11.8. The van der Waals surface area contributed by atoms with Crippen LogP contribution >= 0.6 is 0 Å². The van der Waals surface area contributed by atoms with E-state index in [1.807, 2.05) is 6.92 Å². The van der Waals surface area contributed by atoms with E-state index in [1.54, 1.807) is 12.1 Å². The lowest BCUT2D eigenvalue weighted by molar-refractivity contribution is -0.122. The van der Waals surface area contributed by atoms with Crippen LogP contribution in [-0.2, 0) is 11.3 Å². The highest BCUT2D eigenvalue weighted by Gasteiger charge is 2.21. The molecule has 0 aromatic heterocycles. The third-order valence-corrected chi connectivity index (χ3v) is 3.14. The zero-order valence-electron chi connectivity index (χ0n) is 11.0. The van der Waals surface area contributed by atoms with Crippen LogP contribution in [0.2, 0.25) is 0 Å². The average Bonchev–Trinajstić information content (AvgIpc) is 2.93. The second-order valence-electron chi connectivity index (χ2n) is 4.56. The zero-order valence-corrected chi connectivity index (χ0v) is 11.0. The Bertz CT molecular complexity index is 445. The SMILES string of the molecule is CCOc1ccc(CNC(=O)C2CCCN2)cc1F. The van der Waals surface area contributed by atoms with Gasteiger partial charge >= 0.3 is 0 Å². The van der Waals surface area contributed by atoms with Gasteiger partial charge in [-0.1, -0.05) is 6.07 Å². The molecule has 1 aliphatic rings. The van der Waals surface area contributed by atoms with Gasteiger partial charge in [-0.05, 0) is 44.0 Å². The van der Waals surface area contributed by atoms with Crippen molar-refractivity contribution >= 4 is 5.91 Å². The van der Waals surface area contributed by atoms with E-state index in [0.717, 1.165) is 24.9 Å². The highest BCUT2D eigenvalue weighted by atomic mass is 19.1. The van der Waals surface area contributed by atoms with E-state index in [4.69, 9.17) is 4.74 Å². The van der Waals surface area contributed by atoms with Gasteiger partial charge in [0.2, 0.25) is 5.91 Å². The summed E-state index contributed by atoms with van der Waals surface area (Å²) in [5.41, 5.74) is 0.729. The Hall–Kier alpha value is -1.62. The van der Waals surface area contributed by atoms with E-state index in [1.165, 1.54) is 6.07 Å². The number of benzene rings is 1. The van der Waals surface area contributed by atoms with Crippen molar-refractivity contribution in [1.82, 2.24) is 10.6 Å². The predicted octanol–water partition coefficient (Wildman–Crippen LogP) is 1.59. The molecule has 2 rings (SSSR count). The lowest BCUT2D eigenvalue weighted by Gasteiger charge is -2.11. The topological polar surface area (TPSA) is 50.4 Å². The first kappa shape index (κ1) is 13.8. The van der Waals surface area contributed by atoms with Crippen molar-refractivity contribution < 1.29 is 13.9 Å². The number of ether oxygens (including phenoxy) is 1. The van der Waals surface area contributed by atoms with Gasteiger partial charge in [0, 0.05) is 6.54 Å². The van der Waals surface area contributed by atoms with Gasteiger partial charge < -0.3 is 15.4 Å². The summed E-state index contributed by atoms with van der Waals surface area (Å²) in [6.45, 7) is 3.46. The fourth-order valence-corrected chi connectivity index (χ4v) is 2.15. The second kappa shape index (κ2) is 6.52. The lowest BCUT2D eigenvalue weighted by atomic mass is 10.2. The zero-order chi connectivity index (χ0) is 13.7. The van der Waals surface area contributed by atoms with Crippen LogP contribution in [0.5, 0.6) is 5.75 Å². The van der Waals surface area contributed by atoms with Gasteiger partial charge in [-0.25, -0.2) is 4.39 Å². The van der Waals surface area contributed by atoms with Crippen LogP contribution in [0.3, 0.4) is 0 Å². The number of carbonyl (C=O) groups is 1. The molecule has 1 aromatic carbocycles. The van der Waals surface area contributed by atoms with Gasteiger partial charge in [0.1, 0.15) is 0 Å². The summed E-state index contributed by atoms with van der Waals surface area (Å²) in [6.07, 6.45) is 1.89. The highest BCUT2D eigenvalue weighted by Crippen LogP contribution is 2.18. The van der Waals surface area contributed by atoms with Crippen LogP contribution in [-0.4, -0.2) is 25.1 Å². The molecule has 1 fully saturated rings. The van der Waals surface area contributed by atoms with E-state index in [-0.39, 0.29) is 17.7 Å². The smallest absolute Gasteiger partial charge is 0.237 e. The maximum Gasteiger partial charge on any atom is 0.237 e. The molecule has 1 saturated heterocycles. The summed E-state index contributed by atoms with van der Waals surface area (Å²) >= 11 is 0. The number of carbonyl (C=O) groups excluding carboxylic acids is 1. The van der Waals surface area contributed by atoms with Crippen molar-refractivity contribution in [3.05, 3.63) is 29.6 Å². The minimum Gasteiger partial charge on any atom is -0.491 e.